The summed E-state index contributed by atoms with van der Waals surface area (Å²) in [5.74, 6) is -0.122. The average molecular weight is 459 g/mol. The summed E-state index contributed by atoms with van der Waals surface area (Å²) in [7, 11) is 1.63. The van der Waals surface area contributed by atoms with Gasteiger partial charge in [-0.2, -0.15) is 9.78 Å². The Balaban J connectivity index is 1.76. The molecular formula is C26H30N6O2. The number of hydrogen-bond donors (Lipinski definition) is 2. The Morgan fingerprint density at radius 3 is 2.44 bits per heavy atom. The second-order valence-corrected chi connectivity index (χ2v) is 9.18. The summed E-state index contributed by atoms with van der Waals surface area (Å²) in [5.41, 5.74) is 11.2. The second kappa shape index (κ2) is 9.61. The molecule has 176 valence electrons. The molecule has 4 aromatic rings. The van der Waals surface area contributed by atoms with Crippen molar-refractivity contribution in [1.29, 1.82) is 0 Å². The number of para-hydroxylation sites is 2. The Bertz CT molecular complexity index is 1350. The van der Waals surface area contributed by atoms with Gasteiger partial charge in [-0.1, -0.05) is 57.2 Å². The van der Waals surface area contributed by atoms with E-state index in [1.165, 1.54) is 10.2 Å². The number of methoxy groups -OCH3 is 1. The predicted molar refractivity (Wildman–Crippen MR) is 136 cm³/mol. The first-order chi connectivity index (χ1) is 16.3. The molecule has 0 atom stereocenters. The minimum atomic E-state index is -0.313. The van der Waals surface area contributed by atoms with Crippen LogP contribution in [0.15, 0.2) is 53.6 Å². The molecule has 0 unspecified atom stereocenters. The molecule has 8 nitrogen and oxygen atoms in total. The Labute approximate surface area is 198 Å². The van der Waals surface area contributed by atoms with Gasteiger partial charge in [0.25, 0.3) is 5.91 Å². The van der Waals surface area contributed by atoms with Gasteiger partial charge in [-0.3, -0.25) is 4.79 Å². The number of fused-ring (bicyclic) bond motifs is 2. The average Bonchev–Trinajstić information content (AvgIpc) is 3.08. The smallest absolute Gasteiger partial charge is 0.257 e. The maximum Gasteiger partial charge on any atom is 0.257 e. The zero-order chi connectivity index (χ0) is 24.3. The highest BCUT2D eigenvalue weighted by Crippen LogP contribution is 2.28. The van der Waals surface area contributed by atoms with Crippen LogP contribution in [0, 0.1) is 0 Å². The Hall–Kier alpha value is -3.78. The van der Waals surface area contributed by atoms with Crippen molar-refractivity contribution >= 4 is 40.1 Å². The van der Waals surface area contributed by atoms with Gasteiger partial charge in [0.2, 0.25) is 0 Å². The highest BCUT2D eigenvalue weighted by Gasteiger charge is 2.24. The maximum atomic E-state index is 13.0. The van der Waals surface area contributed by atoms with Gasteiger partial charge in [0.05, 0.1) is 17.2 Å². The zero-order valence-electron chi connectivity index (χ0n) is 20.0. The van der Waals surface area contributed by atoms with Crippen LogP contribution in [-0.4, -0.2) is 47.0 Å². The molecule has 3 N–H and O–H groups in total. The lowest BCUT2D eigenvalue weighted by molar-refractivity contribution is 0.0951. The van der Waals surface area contributed by atoms with Crippen LogP contribution in [0.4, 0.5) is 5.82 Å². The first-order valence-corrected chi connectivity index (χ1v) is 11.3. The summed E-state index contributed by atoms with van der Waals surface area (Å²) in [5, 5.41) is 7.47. The lowest BCUT2D eigenvalue weighted by atomic mass is 9.87. The molecule has 0 fully saturated rings. The van der Waals surface area contributed by atoms with Gasteiger partial charge < -0.3 is 15.8 Å². The van der Waals surface area contributed by atoms with Gasteiger partial charge in [-0.15, -0.1) is 0 Å². The van der Waals surface area contributed by atoms with E-state index in [1.807, 2.05) is 36.4 Å². The summed E-state index contributed by atoms with van der Waals surface area (Å²) in [6.45, 7) is 7.54. The van der Waals surface area contributed by atoms with Crippen LogP contribution in [0.25, 0.3) is 22.2 Å². The van der Waals surface area contributed by atoms with Crippen LogP contribution in [-0.2, 0) is 10.2 Å². The number of nitrogen functional groups attached to an aromatic ring is 1. The molecule has 0 spiro atoms. The van der Waals surface area contributed by atoms with Crippen molar-refractivity contribution in [2.75, 3.05) is 26.0 Å². The van der Waals surface area contributed by atoms with E-state index in [0.29, 0.717) is 41.8 Å². The fourth-order valence-electron chi connectivity index (χ4n) is 3.69. The standard InChI is InChI=1S/C26H30N6O2/c1-26(2,3)18-12-10-17(11-13-18)16-29-32-23(27)21(25(33)28-14-7-15-34-4)22-24(32)31-20-9-6-5-8-19(20)30-22/h5-6,8-13,16H,7,14-15,27H2,1-4H3,(H,28,33)/b29-16-. The minimum Gasteiger partial charge on any atom is -0.385 e. The number of ether oxygens (including phenoxy) is 1. The van der Waals surface area contributed by atoms with E-state index in [0.717, 1.165) is 5.56 Å². The normalized spacial score (nSPS) is 12.1. The fraction of sp³-hybridized carbons (Fsp3) is 0.308. The first-order valence-electron chi connectivity index (χ1n) is 11.3. The molecule has 2 aromatic carbocycles. The minimum absolute atomic E-state index is 0.0683. The molecule has 2 heterocycles. The van der Waals surface area contributed by atoms with E-state index in [9.17, 15) is 4.79 Å². The monoisotopic (exact) mass is 458 g/mol. The van der Waals surface area contributed by atoms with Crippen LogP contribution in [0.2, 0.25) is 0 Å². The highest BCUT2D eigenvalue weighted by molar-refractivity contribution is 6.10. The molecule has 0 aliphatic carbocycles. The number of benzene rings is 2. The summed E-state index contributed by atoms with van der Waals surface area (Å²) < 4.78 is 6.54. The number of nitrogens with one attached hydrogen (secondary N) is 1. The molecule has 0 saturated carbocycles. The summed E-state index contributed by atoms with van der Waals surface area (Å²) in [6, 6.07) is 15.7. The van der Waals surface area contributed by atoms with Crippen LogP contribution in [0.5, 0.6) is 0 Å². The number of carbonyl (C=O) groups is 1. The van der Waals surface area contributed by atoms with Crippen LogP contribution < -0.4 is 11.1 Å². The third-order valence-corrected chi connectivity index (χ3v) is 5.61. The number of carbonyl (C=O) groups excluding carboxylic acids is 1. The van der Waals surface area contributed by atoms with Gasteiger partial charge >= 0.3 is 0 Å². The molecule has 0 radical (unpaired) electrons. The molecule has 0 aliphatic heterocycles. The van der Waals surface area contributed by atoms with Crippen LogP contribution in [0.1, 0.15) is 48.7 Å². The summed E-state index contributed by atoms with van der Waals surface area (Å²) in [6.07, 6.45) is 2.40. The van der Waals surface area contributed by atoms with Crippen molar-refractivity contribution < 1.29 is 9.53 Å². The summed E-state index contributed by atoms with van der Waals surface area (Å²) in [4.78, 5) is 22.4. The van der Waals surface area contributed by atoms with Gasteiger partial charge in [-0.25, -0.2) is 9.97 Å². The third kappa shape index (κ3) is 4.77. The van der Waals surface area contributed by atoms with Crippen molar-refractivity contribution in [2.24, 2.45) is 5.10 Å². The molecular weight excluding hydrogens is 428 g/mol. The van der Waals surface area contributed by atoms with Gasteiger partial charge in [-0.05, 0) is 35.1 Å². The second-order valence-electron chi connectivity index (χ2n) is 9.18. The predicted octanol–water partition coefficient (Wildman–Crippen LogP) is 4.11. The number of anilines is 1. The summed E-state index contributed by atoms with van der Waals surface area (Å²) >= 11 is 0. The van der Waals surface area contributed by atoms with E-state index in [-0.39, 0.29) is 22.7 Å². The molecule has 8 heteroatoms. The Morgan fingerprint density at radius 1 is 1.12 bits per heavy atom. The van der Waals surface area contributed by atoms with Crippen LogP contribution >= 0.6 is 0 Å². The molecule has 4 rings (SSSR count). The fourth-order valence-corrected chi connectivity index (χ4v) is 3.69. The van der Waals surface area contributed by atoms with Crippen molar-refractivity contribution in [1.82, 2.24) is 20.0 Å². The molecule has 1 amide bonds. The molecule has 0 saturated heterocycles. The largest absolute Gasteiger partial charge is 0.385 e. The first kappa shape index (κ1) is 23.4. The van der Waals surface area contributed by atoms with E-state index in [4.69, 9.17) is 20.4 Å². The van der Waals surface area contributed by atoms with Crippen molar-refractivity contribution in [3.63, 3.8) is 0 Å². The lowest BCUT2D eigenvalue weighted by Gasteiger charge is -2.18. The van der Waals surface area contributed by atoms with Gasteiger partial charge in [0, 0.05) is 20.3 Å². The van der Waals surface area contributed by atoms with Crippen LogP contribution in [0.3, 0.4) is 0 Å². The van der Waals surface area contributed by atoms with E-state index in [2.05, 4.69) is 43.3 Å². The lowest BCUT2D eigenvalue weighted by Crippen LogP contribution is -2.26. The van der Waals surface area contributed by atoms with Crippen molar-refractivity contribution in [3.05, 3.63) is 65.2 Å². The van der Waals surface area contributed by atoms with E-state index in [1.54, 1.807) is 13.3 Å². The molecule has 0 bridgehead atoms. The number of nitrogens with zero attached hydrogens (tertiary/aromatic N) is 4. The number of rotatable bonds is 7. The Morgan fingerprint density at radius 2 is 1.79 bits per heavy atom. The number of aromatic nitrogens is 3. The number of amides is 1. The highest BCUT2D eigenvalue weighted by atomic mass is 16.5. The topological polar surface area (TPSA) is 107 Å². The maximum absolute atomic E-state index is 13.0. The zero-order valence-corrected chi connectivity index (χ0v) is 20.0. The van der Waals surface area contributed by atoms with Gasteiger partial charge in [0.15, 0.2) is 5.65 Å². The SMILES string of the molecule is COCCCNC(=O)c1c(N)n(/N=C\c2ccc(C(C)(C)C)cc2)c2nc3ccccc3nc12. The molecule has 0 aliphatic rings. The molecule has 2 aromatic heterocycles. The van der Waals surface area contributed by atoms with Crippen molar-refractivity contribution in [3.8, 4) is 0 Å². The number of nitrogens with two attached hydrogens (primary N) is 1. The Kier molecular flexibility index (Phi) is 6.61. The van der Waals surface area contributed by atoms with Crippen molar-refractivity contribution in [2.45, 2.75) is 32.6 Å². The third-order valence-electron chi connectivity index (χ3n) is 5.61. The molecule has 34 heavy (non-hydrogen) atoms. The number of hydrogen-bond acceptors (Lipinski definition) is 6. The van der Waals surface area contributed by atoms with E-state index < -0.39 is 0 Å². The van der Waals surface area contributed by atoms with Gasteiger partial charge in [0.1, 0.15) is 16.9 Å². The van der Waals surface area contributed by atoms with E-state index >= 15 is 0 Å². The quantitative estimate of drug-likeness (QED) is 0.320.